The molecule has 1 fully saturated rings. The molecule has 0 spiro atoms. The lowest BCUT2D eigenvalue weighted by Crippen LogP contribution is -2.38. The molecule has 0 radical (unpaired) electrons. The lowest BCUT2D eigenvalue weighted by Gasteiger charge is -2.26. The fourth-order valence-electron chi connectivity index (χ4n) is 1.71. The SMILES string of the molecule is N#Cc1cc2ccccc2nc1OC1COC1. The molecule has 1 aromatic heterocycles. The van der Waals surface area contributed by atoms with Gasteiger partial charge in [-0.15, -0.1) is 0 Å². The van der Waals surface area contributed by atoms with E-state index in [9.17, 15) is 0 Å². The highest BCUT2D eigenvalue weighted by atomic mass is 16.6. The Hall–Kier alpha value is -2.12. The molecule has 0 aliphatic carbocycles. The van der Waals surface area contributed by atoms with Crippen LogP contribution in [0.25, 0.3) is 10.9 Å². The van der Waals surface area contributed by atoms with Crippen LogP contribution >= 0.6 is 0 Å². The first kappa shape index (κ1) is 10.1. The fraction of sp³-hybridized carbons (Fsp3) is 0.231. The van der Waals surface area contributed by atoms with Gasteiger partial charge >= 0.3 is 0 Å². The van der Waals surface area contributed by atoms with Crippen LogP contribution in [-0.2, 0) is 4.74 Å². The highest BCUT2D eigenvalue weighted by Gasteiger charge is 2.22. The number of benzene rings is 1. The number of pyridine rings is 1. The van der Waals surface area contributed by atoms with Crippen LogP contribution in [0.1, 0.15) is 5.56 Å². The van der Waals surface area contributed by atoms with Crippen molar-refractivity contribution in [3.8, 4) is 11.9 Å². The van der Waals surface area contributed by atoms with E-state index in [0.29, 0.717) is 24.7 Å². The third-order valence-corrected chi connectivity index (χ3v) is 2.70. The Labute approximate surface area is 98.4 Å². The summed E-state index contributed by atoms with van der Waals surface area (Å²) in [5.41, 5.74) is 1.30. The molecular formula is C13H10N2O2. The second-order valence-corrected chi connectivity index (χ2v) is 3.92. The molecule has 1 aromatic carbocycles. The number of para-hydroxylation sites is 1. The zero-order valence-electron chi connectivity index (χ0n) is 9.09. The van der Waals surface area contributed by atoms with E-state index in [1.807, 2.05) is 24.3 Å². The molecule has 4 heteroatoms. The van der Waals surface area contributed by atoms with Crippen molar-refractivity contribution in [1.82, 2.24) is 4.98 Å². The number of hydrogen-bond donors (Lipinski definition) is 0. The van der Waals surface area contributed by atoms with Gasteiger partial charge in [0.2, 0.25) is 5.88 Å². The first-order valence-corrected chi connectivity index (χ1v) is 5.41. The molecule has 0 unspecified atom stereocenters. The van der Waals surface area contributed by atoms with Crippen LogP contribution in [0.5, 0.6) is 5.88 Å². The van der Waals surface area contributed by atoms with Crippen LogP contribution in [0.3, 0.4) is 0 Å². The van der Waals surface area contributed by atoms with Gasteiger partial charge < -0.3 is 9.47 Å². The third kappa shape index (κ3) is 1.81. The van der Waals surface area contributed by atoms with Crippen molar-refractivity contribution in [3.63, 3.8) is 0 Å². The molecule has 1 aliphatic heterocycles. The number of hydrogen-bond acceptors (Lipinski definition) is 4. The molecule has 0 atom stereocenters. The molecule has 0 bridgehead atoms. The van der Waals surface area contributed by atoms with E-state index < -0.39 is 0 Å². The fourth-order valence-corrected chi connectivity index (χ4v) is 1.71. The number of fused-ring (bicyclic) bond motifs is 1. The zero-order valence-corrected chi connectivity index (χ0v) is 9.09. The maximum absolute atomic E-state index is 9.08. The maximum atomic E-state index is 9.08. The molecule has 2 aromatic rings. The van der Waals surface area contributed by atoms with Gasteiger partial charge in [0.1, 0.15) is 17.7 Å². The lowest BCUT2D eigenvalue weighted by atomic mass is 10.1. The molecule has 1 aliphatic rings. The Bertz CT molecular complexity index is 600. The summed E-state index contributed by atoms with van der Waals surface area (Å²) in [6, 6.07) is 11.6. The van der Waals surface area contributed by atoms with Crippen LogP contribution < -0.4 is 4.74 Å². The van der Waals surface area contributed by atoms with E-state index in [-0.39, 0.29) is 6.10 Å². The summed E-state index contributed by atoms with van der Waals surface area (Å²) in [6.07, 6.45) is 0.0239. The Morgan fingerprint density at radius 2 is 2.18 bits per heavy atom. The quantitative estimate of drug-likeness (QED) is 0.784. The van der Waals surface area contributed by atoms with Gasteiger partial charge in [0, 0.05) is 5.39 Å². The van der Waals surface area contributed by atoms with Gasteiger partial charge in [-0.1, -0.05) is 18.2 Å². The summed E-state index contributed by atoms with van der Waals surface area (Å²) in [4.78, 5) is 4.37. The van der Waals surface area contributed by atoms with E-state index in [2.05, 4.69) is 11.1 Å². The molecule has 84 valence electrons. The third-order valence-electron chi connectivity index (χ3n) is 2.70. The number of rotatable bonds is 2. The van der Waals surface area contributed by atoms with Crippen molar-refractivity contribution in [2.24, 2.45) is 0 Å². The normalized spacial score (nSPS) is 15.2. The smallest absolute Gasteiger partial charge is 0.232 e. The van der Waals surface area contributed by atoms with Gasteiger partial charge in [-0.3, -0.25) is 0 Å². The van der Waals surface area contributed by atoms with Gasteiger partial charge in [0.05, 0.1) is 18.7 Å². The molecule has 1 saturated heterocycles. The second kappa shape index (κ2) is 4.04. The Kier molecular flexibility index (Phi) is 2.39. The summed E-state index contributed by atoms with van der Waals surface area (Å²) in [7, 11) is 0. The highest BCUT2D eigenvalue weighted by Crippen LogP contribution is 2.23. The molecule has 17 heavy (non-hydrogen) atoms. The predicted octanol–water partition coefficient (Wildman–Crippen LogP) is 1.88. The van der Waals surface area contributed by atoms with Gasteiger partial charge in [-0.2, -0.15) is 5.26 Å². The first-order valence-electron chi connectivity index (χ1n) is 5.41. The number of nitrogens with zero attached hydrogens (tertiary/aromatic N) is 2. The minimum absolute atomic E-state index is 0.0239. The van der Waals surface area contributed by atoms with Crippen molar-refractivity contribution < 1.29 is 9.47 Å². The maximum Gasteiger partial charge on any atom is 0.232 e. The Morgan fingerprint density at radius 1 is 1.35 bits per heavy atom. The summed E-state index contributed by atoms with van der Waals surface area (Å²) in [5.74, 6) is 0.402. The summed E-state index contributed by atoms with van der Waals surface area (Å²) >= 11 is 0. The van der Waals surface area contributed by atoms with E-state index in [1.165, 1.54) is 0 Å². The molecule has 3 rings (SSSR count). The van der Waals surface area contributed by atoms with Crippen LogP contribution in [0.2, 0.25) is 0 Å². The molecular weight excluding hydrogens is 216 g/mol. The topological polar surface area (TPSA) is 55.1 Å². The molecule has 0 saturated carbocycles. The Balaban J connectivity index is 2.05. The van der Waals surface area contributed by atoms with Gasteiger partial charge in [-0.05, 0) is 12.1 Å². The van der Waals surface area contributed by atoms with Gasteiger partial charge in [-0.25, -0.2) is 4.98 Å². The number of aromatic nitrogens is 1. The monoisotopic (exact) mass is 226 g/mol. The average Bonchev–Trinajstić information content (AvgIpc) is 2.32. The Morgan fingerprint density at radius 3 is 2.88 bits per heavy atom. The van der Waals surface area contributed by atoms with E-state index in [1.54, 1.807) is 6.07 Å². The van der Waals surface area contributed by atoms with Gasteiger partial charge in [0.25, 0.3) is 0 Å². The van der Waals surface area contributed by atoms with E-state index >= 15 is 0 Å². The summed E-state index contributed by atoms with van der Waals surface area (Å²) in [5, 5.41) is 10.0. The standard InChI is InChI=1S/C13H10N2O2/c14-6-10-5-9-3-1-2-4-12(9)15-13(10)17-11-7-16-8-11/h1-5,11H,7-8H2. The average molecular weight is 226 g/mol. The van der Waals surface area contributed by atoms with E-state index in [4.69, 9.17) is 14.7 Å². The van der Waals surface area contributed by atoms with Gasteiger partial charge in [0.15, 0.2) is 0 Å². The van der Waals surface area contributed by atoms with E-state index in [0.717, 1.165) is 10.9 Å². The van der Waals surface area contributed by atoms with Crippen LogP contribution in [-0.4, -0.2) is 24.3 Å². The van der Waals surface area contributed by atoms with Crippen molar-refractivity contribution in [2.75, 3.05) is 13.2 Å². The van der Waals surface area contributed by atoms with Crippen LogP contribution in [0.15, 0.2) is 30.3 Å². The molecule has 0 N–H and O–H groups in total. The predicted molar refractivity (Wildman–Crippen MR) is 61.7 cm³/mol. The largest absolute Gasteiger partial charge is 0.468 e. The highest BCUT2D eigenvalue weighted by molar-refractivity contribution is 5.80. The zero-order chi connectivity index (χ0) is 11.7. The molecule has 0 amide bonds. The van der Waals surface area contributed by atoms with Crippen LogP contribution in [0, 0.1) is 11.3 Å². The number of ether oxygens (including phenoxy) is 2. The van der Waals surface area contributed by atoms with Crippen molar-refractivity contribution >= 4 is 10.9 Å². The lowest BCUT2D eigenvalue weighted by molar-refractivity contribution is -0.0813. The first-order chi connectivity index (χ1) is 8.36. The summed E-state index contributed by atoms with van der Waals surface area (Å²) < 4.78 is 10.7. The summed E-state index contributed by atoms with van der Waals surface area (Å²) in [6.45, 7) is 1.14. The molecule has 2 heterocycles. The minimum atomic E-state index is 0.0239. The van der Waals surface area contributed by atoms with Crippen molar-refractivity contribution in [3.05, 3.63) is 35.9 Å². The van der Waals surface area contributed by atoms with Crippen molar-refractivity contribution in [1.29, 1.82) is 5.26 Å². The molecule has 4 nitrogen and oxygen atoms in total. The van der Waals surface area contributed by atoms with Crippen LogP contribution in [0.4, 0.5) is 0 Å². The number of nitriles is 1. The van der Waals surface area contributed by atoms with Crippen molar-refractivity contribution in [2.45, 2.75) is 6.10 Å². The minimum Gasteiger partial charge on any atom is -0.468 e. The second-order valence-electron chi connectivity index (χ2n) is 3.92.